The lowest BCUT2D eigenvalue weighted by atomic mass is 9.75. The van der Waals surface area contributed by atoms with Gasteiger partial charge in [0.15, 0.2) is 0 Å². The first-order valence-corrected chi connectivity index (χ1v) is 15.5. The van der Waals surface area contributed by atoms with Crippen LogP contribution in [0.2, 0.25) is 0 Å². The Morgan fingerprint density at radius 2 is 1.21 bits per heavy atom. The number of hydrogen-bond acceptors (Lipinski definition) is 4. The van der Waals surface area contributed by atoms with Gasteiger partial charge in [0.2, 0.25) is 11.8 Å². The van der Waals surface area contributed by atoms with E-state index in [1.807, 2.05) is 12.1 Å². The number of ether oxygens (including phenoxy) is 1. The van der Waals surface area contributed by atoms with E-state index in [1.54, 1.807) is 7.11 Å². The molecule has 6 heteroatoms. The summed E-state index contributed by atoms with van der Waals surface area (Å²) in [5, 5.41) is 17.6. The summed E-state index contributed by atoms with van der Waals surface area (Å²) >= 11 is 0. The van der Waals surface area contributed by atoms with Gasteiger partial charge in [0.25, 0.3) is 0 Å². The van der Waals surface area contributed by atoms with Gasteiger partial charge in [-0.3, -0.25) is 9.59 Å². The van der Waals surface area contributed by atoms with Gasteiger partial charge in [-0.15, -0.1) is 0 Å². The number of rotatable bonds is 13. The second kappa shape index (κ2) is 14.4. The zero-order valence-corrected chi connectivity index (χ0v) is 25.3. The normalized spacial score (nSPS) is 17.6. The van der Waals surface area contributed by atoms with Crippen molar-refractivity contribution in [2.75, 3.05) is 7.11 Å². The number of carbonyl (C=O) groups is 2. The molecule has 2 aliphatic carbocycles. The van der Waals surface area contributed by atoms with Gasteiger partial charge in [-0.1, -0.05) is 66.2 Å². The first-order valence-electron chi connectivity index (χ1n) is 15.5. The summed E-state index contributed by atoms with van der Waals surface area (Å²) in [6.07, 6.45) is 16.0. The molecule has 0 heterocycles. The Morgan fingerprint density at radius 1 is 0.769 bits per heavy atom. The zero-order valence-electron chi connectivity index (χ0n) is 25.3. The molecule has 1 aromatic rings. The van der Waals surface area contributed by atoms with E-state index < -0.39 is 0 Å². The molecule has 3 rings (SSSR count). The molecule has 6 nitrogen and oxygen atoms in total. The highest BCUT2D eigenvalue weighted by Gasteiger charge is 2.31. The van der Waals surface area contributed by atoms with Gasteiger partial charge in [0, 0.05) is 36.1 Å². The van der Waals surface area contributed by atoms with E-state index in [-0.39, 0.29) is 28.4 Å². The highest BCUT2D eigenvalue weighted by Crippen LogP contribution is 2.44. The standard InChI is InChI=1S/C33H54N2O4/c1-32(2,20-12-18-30(37)34-24-14-8-6-9-15-24)26-23-29(39-5)27(22-28(26)36)33(3,4)21-13-19-31(38)35-25-16-10-7-11-17-25/h22-25,36H,6-21H2,1-5H3,(H,34,37)(H,35,38). The monoisotopic (exact) mass is 542 g/mol. The van der Waals surface area contributed by atoms with Crippen LogP contribution in [0.25, 0.3) is 0 Å². The van der Waals surface area contributed by atoms with Crippen LogP contribution in [0.1, 0.15) is 142 Å². The summed E-state index contributed by atoms with van der Waals surface area (Å²) < 4.78 is 5.82. The van der Waals surface area contributed by atoms with Crippen molar-refractivity contribution in [2.24, 2.45) is 0 Å². The van der Waals surface area contributed by atoms with Crippen molar-refractivity contribution in [1.29, 1.82) is 0 Å². The average molecular weight is 543 g/mol. The lowest BCUT2D eigenvalue weighted by Gasteiger charge is -2.31. The highest BCUT2D eigenvalue weighted by molar-refractivity contribution is 5.76. The molecule has 220 valence electrons. The summed E-state index contributed by atoms with van der Waals surface area (Å²) in [6.45, 7) is 8.55. The molecule has 0 aliphatic heterocycles. The van der Waals surface area contributed by atoms with Crippen molar-refractivity contribution in [3.8, 4) is 11.5 Å². The van der Waals surface area contributed by atoms with Crippen molar-refractivity contribution >= 4 is 11.8 Å². The van der Waals surface area contributed by atoms with Gasteiger partial charge in [-0.05, 0) is 74.3 Å². The molecule has 39 heavy (non-hydrogen) atoms. The summed E-state index contributed by atoms with van der Waals surface area (Å²) in [5.74, 6) is 1.33. The van der Waals surface area contributed by atoms with Crippen molar-refractivity contribution in [3.05, 3.63) is 23.3 Å². The fourth-order valence-corrected chi connectivity index (χ4v) is 6.55. The van der Waals surface area contributed by atoms with Crippen LogP contribution in [0, 0.1) is 0 Å². The zero-order chi connectivity index (χ0) is 28.5. The smallest absolute Gasteiger partial charge is 0.220 e. The third kappa shape index (κ3) is 9.42. The summed E-state index contributed by atoms with van der Waals surface area (Å²) in [4.78, 5) is 25.0. The van der Waals surface area contributed by atoms with Crippen LogP contribution < -0.4 is 15.4 Å². The van der Waals surface area contributed by atoms with Gasteiger partial charge in [-0.25, -0.2) is 0 Å². The predicted octanol–water partition coefficient (Wildman–Crippen LogP) is 7.19. The molecule has 3 N–H and O–H groups in total. The quantitative estimate of drug-likeness (QED) is 0.246. The van der Waals surface area contributed by atoms with E-state index in [9.17, 15) is 14.7 Å². The van der Waals surface area contributed by atoms with Crippen LogP contribution in [0.3, 0.4) is 0 Å². The molecule has 2 aliphatic rings. The Labute approximate surface area is 237 Å². The van der Waals surface area contributed by atoms with Gasteiger partial charge in [0.05, 0.1) is 7.11 Å². The first kappa shape index (κ1) is 31.3. The fourth-order valence-electron chi connectivity index (χ4n) is 6.55. The topological polar surface area (TPSA) is 87.7 Å². The summed E-state index contributed by atoms with van der Waals surface area (Å²) in [7, 11) is 1.68. The van der Waals surface area contributed by atoms with E-state index in [0.29, 0.717) is 24.9 Å². The molecule has 0 unspecified atom stereocenters. The lowest BCUT2D eigenvalue weighted by molar-refractivity contribution is -0.123. The van der Waals surface area contributed by atoms with Crippen molar-refractivity contribution in [2.45, 2.75) is 153 Å². The highest BCUT2D eigenvalue weighted by atomic mass is 16.5. The molecule has 0 radical (unpaired) electrons. The van der Waals surface area contributed by atoms with Crippen molar-refractivity contribution in [1.82, 2.24) is 10.6 Å². The van der Waals surface area contributed by atoms with Gasteiger partial charge < -0.3 is 20.5 Å². The first-order chi connectivity index (χ1) is 18.5. The third-order valence-electron chi connectivity index (χ3n) is 9.13. The molecular weight excluding hydrogens is 488 g/mol. The Balaban J connectivity index is 1.56. The number of hydrogen-bond donors (Lipinski definition) is 3. The van der Waals surface area contributed by atoms with Crippen molar-refractivity contribution in [3.63, 3.8) is 0 Å². The minimum Gasteiger partial charge on any atom is -0.508 e. The van der Waals surface area contributed by atoms with Crippen LogP contribution in [0.4, 0.5) is 0 Å². The predicted molar refractivity (Wildman–Crippen MR) is 158 cm³/mol. The Bertz CT molecular complexity index is 943. The minimum atomic E-state index is -0.303. The second-order valence-electron chi connectivity index (χ2n) is 13.3. The molecule has 1 aromatic carbocycles. The van der Waals surface area contributed by atoms with Gasteiger partial charge in [0.1, 0.15) is 11.5 Å². The van der Waals surface area contributed by atoms with Crippen molar-refractivity contribution < 1.29 is 19.4 Å². The maximum atomic E-state index is 12.5. The van der Waals surface area contributed by atoms with E-state index in [1.165, 1.54) is 38.5 Å². The molecule has 2 saturated carbocycles. The second-order valence-corrected chi connectivity index (χ2v) is 13.3. The van der Waals surface area contributed by atoms with Gasteiger partial charge >= 0.3 is 0 Å². The number of carbonyl (C=O) groups excluding carboxylic acids is 2. The van der Waals surface area contributed by atoms with Crippen LogP contribution in [0.5, 0.6) is 11.5 Å². The Hall–Kier alpha value is -2.24. The maximum absolute atomic E-state index is 12.5. The van der Waals surface area contributed by atoms with Crippen LogP contribution in [0.15, 0.2) is 12.1 Å². The number of nitrogens with one attached hydrogen (secondary N) is 2. The number of benzene rings is 1. The van der Waals surface area contributed by atoms with E-state index >= 15 is 0 Å². The van der Waals surface area contributed by atoms with Crippen LogP contribution in [-0.2, 0) is 20.4 Å². The number of aromatic hydroxyl groups is 1. The van der Waals surface area contributed by atoms with E-state index in [0.717, 1.165) is 68.2 Å². The molecule has 0 aromatic heterocycles. The molecule has 0 saturated heterocycles. The molecule has 0 atom stereocenters. The molecule has 0 bridgehead atoms. The number of methoxy groups -OCH3 is 1. The van der Waals surface area contributed by atoms with E-state index in [2.05, 4.69) is 38.3 Å². The largest absolute Gasteiger partial charge is 0.508 e. The Kier molecular flexibility index (Phi) is 11.6. The third-order valence-corrected chi connectivity index (χ3v) is 9.13. The molecule has 2 amide bonds. The lowest BCUT2D eigenvalue weighted by Crippen LogP contribution is -2.36. The van der Waals surface area contributed by atoms with Gasteiger partial charge in [-0.2, -0.15) is 0 Å². The molecular formula is C33H54N2O4. The maximum Gasteiger partial charge on any atom is 0.220 e. The molecule has 0 spiro atoms. The minimum absolute atomic E-state index is 0.143. The van der Waals surface area contributed by atoms with Crippen LogP contribution in [-0.4, -0.2) is 36.1 Å². The number of amides is 2. The Morgan fingerprint density at radius 3 is 1.64 bits per heavy atom. The van der Waals surface area contributed by atoms with Crippen LogP contribution >= 0.6 is 0 Å². The summed E-state index contributed by atoms with van der Waals surface area (Å²) in [5.41, 5.74) is 1.25. The fraction of sp³-hybridized carbons (Fsp3) is 0.758. The average Bonchev–Trinajstić information content (AvgIpc) is 2.89. The number of phenols is 1. The number of phenolic OH excluding ortho intramolecular Hbond substituents is 1. The SMILES string of the molecule is COc1cc(C(C)(C)CCCC(=O)NC2CCCCC2)c(O)cc1C(C)(C)CCCC(=O)NC1CCCCC1. The molecule has 2 fully saturated rings. The summed E-state index contributed by atoms with van der Waals surface area (Å²) in [6, 6.07) is 4.52. The van der Waals surface area contributed by atoms with E-state index in [4.69, 9.17) is 4.74 Å².